The first-order chi connectivity index (χ1) is 11.7. The fraction of sp³-hybridized carbons (Fsp3) is 0.467. The van der Waals surface area contributed by atoms with Crippen molar-refractivity contribution in [1.29, 1.82) is 0 Å². The Bertz CT molecular complexity index is 648. The second-order valence-electron chi connectivity index (χ2n) is 5.60. The van der Waals surface area contributed by atoms with Gasteiger partial charge in [0.05, 0.1) is 27.8 Å². The summed E-state index contributed by atoms with van der Waals surface area (Å²) < 4.78 is 31.7. The van der Waals surface area contributed by atoms with Crippen molar-refractivity contribution in [2.75, 3.05) is 5.32 Å². The summed E-state index contributed by atoms with van der Waals surface area (Å²) in [5, 5.41) is 15.0. The van der Waals surface area contributed by atoms with Gasteiger partial charge in [-0.15, -0.1) is 0 Å². The van der Waals surface area contributed by atoms with Gasteiger partial charge in [-0.25, -0.2) is 9.79 Å². The quantitative estimate of drug-likeness (QED) is 0.659. The zero-order valence-electron chi connectivity index (χ0n) is 12.9. The average molecular weight is 398 g/mol. The number of fused-ring (bicyclic) bond motifs is 1. The normalized spacial score (nSPS) is 22.0. The molecule has 25 heavy (non-hydrogen) atoms. The highest BCUT2D eigenvalue weighted by atomic mass is 35.5. The smallest absolute Gasteiger partial charge is 0.475 e. The maximum absolute atomic E-state index is 10.6. The number of nitrogens with one attached hydrogen (secondary N) is 2. The maximum Gasteiger partial charge on any atom is 0.490 e. The molecule has 10 heteroatoms. The van der Waals surface area contributed by atoms with Crippen LogP contribution in [0.2, 0.25) is 10.0 Å². The molecular weight excluding hydrogens is 382 g/mol. The van der Waals surface area contributed by atoms with Crippen LogP contribution in [0, 0.1) is 0 Å². The molecule has 2 aliphatic rings. The van der Waals surface area contributed by atoms with E-state index in [9.17, 15) is 13.2 Å². The number of hydrogen-bond donors (Lipinski definition) is 3. The molecule has 1 saturated carbocycles. The fourth-order valence-electron chi connectivity index (χ4n) is 2.62. The lowest BCUT2D eigenvalue weighted by Gasteiger charge is -2.23. The predicted octanol–water partition coefficient (Wildman–Crippen LogP) is 4.31. The topological polar surface area (TPSA) is 73.7 Å². The highest BCUT2D eigenvalue weighted by Gasteiger charge is 2.38. The molecule has 1 fully saturated rings. The first kappa shape index (κ1) is 19.7. The van der Waals surface area contributed by atoms with Crippen molar-refractivity contribution in [1.82, 2.24) is 5.32 Å². The van der Waals surface area contributed by atoms with Crippen LogP contribution >= 0.6 is 23.2 Å². The van der Waals surface area contributed by atoms with E-state index in [1.807, 2.05) is 18.2 Å². The zero-order chi connectivity index (χ0) is 18.6. The van der Waals surface area contributed by atoms with E-state index in [-0.39, 0.29) is 0 Å². The Morgan fingerprint density at radius 2 is 1.80 bits per heavy atom. The SMILES string of the molecule is Clc1cccc(Cl)c1NC1=NC2CCCCC2N1.O=C(O)C(F)(F)F. The van der Waals surface area contributed by atoms with Crippen LogP contribution in [-0.2, 0) is 4.79 Å². The van der Waals surface area contributed by atoms with E-state index in [4.69, 9.17) is 33.1 Å². The number of rotatable bonds is 1. The van der Waals surface area contributed by atoms with Crippen molar-refractivity contribution < 1.29 is 23.1 Å². The van der Waals surface area contributed by atoms with Crippen molar-refractivity contribution >= 4 is 40.8 Å². The highest BCUT2D eigenvalue weighted by molar-refractivity contribution is 6.39. The number of guanidine groups is 1. The Kier molecular flexibility index (Phi) is 6.40. The molecule has 3 rings (SSSR count). The molecule has 0 saturated heterocycles. The van der Waals surface area contributed by atoms with Gasteiger partial charge in [-0.05, 0) is 25.0 Å². The monoisotopic (exact) mass is 397 g/mol. The van der Waals surface area contributed by atoms with E-state index in [0.717, 1.165) is 11.6 Å². The van der Waals surface area contributed by atoms with Crippen LogP contribution in [-0.4, -0.2) is 35.3 Å². The molecule has 0 bridgehead atoms. The first-order valence-electron chi connectivity index (χ1n) is 7.54. The minimum absolute atomic E-state index is 0.405. The average Bonchev–Trinajstić information content (AvgIpc) is 2.93. The second-order valence-corrected chi connectivity index (χ2v) is 6.42. The van der Waals surface area contributed by atoms with E-state index in [1.165, 1.54) is 25.7 Å². The Hall–Kier alpha value is -1.67. The molecule has 1 aliphatic heterocycles. The van der Waals surface area contributed by atoms with Gasteiger partial charge in [-0.2, -0.15) is 13.2 Å². The summed E-state index contributed by atoms with van der Waals surface area (Å²) in [6, 6.07) is 6.35. The van der Waals surface area contributed by atoms with Crippen LogP contribution in [0.15, 0.2) is 23.2 Å². The van der Waals surface area contributed by atoms with Gasteiger partial charge in [0.15, 0.2) is 5.96 Å². The number of hydrogen-bond acceptors (Lipinski definition) is 4. The molecule has 0 spiro atoms. The summed E-state index contributed by atoms with van der Waals surface area (Å²) >= 11 is 12.3. The van der Waals surface area contributed by atoms with Gasteiger partial charge in [0.1, 0.15) is 0 Å². The van der Waals surface area contributed by atoms with Crippen LogP contribution < -0.4 is 10.6 Å². The molecular formula is C15H16Cl2F3N3O2. The number of anilines is 1. The number of benzene rings is 1. The summed E-state index contributed by atoms with van der Waals surface area (Å²) in [7, 11) is 0. The van der Waals surface area contributed by atoms with E-state index >= 15 is 0 Å². The number of carboxylic acid groups (broad SMARTS) is 1. The van der Waals surface area contributed by atoms with Gasteiger partial charge in [0, 0.05) is 0 Å². The largest absolute Gasteiger partial charge is 0.490 e. The Morgan fingerprint density at radius 1 is 1.24 bits per heavy atom. The maximum atomic E-state index is 10.6. The lowest BCUT2D eigenvalue weighted by atomic mass is 9.92. The molecule has 1 aromatic carbocycles. The molecule has 2 unspecified atom stereocenters. The zero-order valence-corrected chi connectivity index (χ0v) is 14.4. The standard InChI is InChI=1S/C13H15Cl2N3.C2HF3O2/c14-8-4-3-5-9(15)12(8)18-13-16-10-6-1-2-7-11(10)17-13;3-2(4,5)1(6)7/h3-5,10-11H,1-2,6-7H2,(H2,16,17,18);(H,6,7). The molecule has 0 radical (unpaired) electrons. The molecule has 5 nitrogen and oxygen atoms in total. The van der Waals surface area contributed by atoms with Crippen LogP contribution in [0.1, 0.15) is 25.7 Å². The van der Waals surface area contributed by atoms with Crippen molar-refractivity contribution in [3.8, 4) is 0 Å². The first-order valence-corrected chi connectivity index (χ1v) is 8.29. The van der Waals surface area contributed by atoms with Gasteiger partial charge in [0.25, 0.3) is 0 Å². The van der Waals surface area contributed by atoms with Crippen molar-refractivity contribution in [3.63, 3.8) is 0 Å². The molecule has 138 valence electrons. The van der Waals surface area contributed by atoms with Crippen LogP contribution in [0.3, 0.4) is 0 Å². The minimum Gasteiger partial charge on any atom is -0.475 e. The second kappa shape index (κ2) is 8.14. The predicted molar refractivity (Wildman–Crippen MR) is 90.4 cm³/mol. The van der Waals surface area contributed by atoms with Crippen LogP contribution in [0.5, 0.6) is 0 Å². The number of alkyl halides is 3. The molecule has 1 aromatic rings. The van der Waals surface area contributed by atoms with E-state index in [1.54, 1.807) is 0 Å². The van der Waals surface area contributed by atoms with Gasteiger partial charge in [0.2, 0.25) is 0 Å². The number of halogens is 5. The number of aliphatic imine (C=N–C) groups is 1. The number of para-hydroxylation sites is 1. The van der Waals surface area contributed by atoms with E-state index < -0.39 is 12.1 Å². The molecule has 2 atom stereocenters. The number of carbonyl (C=O) groups is 1. The molecule has 0 amide bonds. The van der Waals surface area contributed by atoms with E-state index in [0.29, 0.717) is 22.1 Å². The Balaban J connectivity index is 0.000000277. The number of carboxylic acids is 1. The Labute approximate surface area is 152 Å². The summed E-state index contributed by atoms with van der Waals surface area (Å²) in [6.45, 7) is 0. The van der Waals surface area contributed by atoms with Crippen molar-refractivity contribution in [2.24, 2.45) is 4.99 Å². The van der Waals surface area contributed by atoms with Crippen LogP contribution in [0.25, 0.3) is 0 Å². The summed E-state index contributed by atoms with van der Waals surface area (Å²) in [4.78, 5) is 13.6. The Morgan fingerprint density at radius 3 is 2.32 bits per heavy atom. The number of aliphatic carboxylic acids is 1. The summed E-state index contributed by atoms with van der Waals surface area (Å²) in [5.74, 6) is -1.96. The molecule has 1 aliphatic carbocycles. The van der Waals surface area contributed by atoms with Gasteiger partial charge < -0.3 is 15.7 Å². The summed E-state index contributed by atoms with van der Waals surface area (Å²) in [5.41, 5.74) is 0.728. The molecule has 0 aromatic heterocycles. The van der Waals surface area contributed by atoms with Crippen molar-refractivity contribution in [3.05, 3.63) is 28.2 Å². The fourth-order valence-corrected chi connectivity index (χ4v) is 3.11. The van der Waals surface area contributed by atoms with Gasteiger partial charge >= 0.3 is 12.1 Å². The lowest BCUT2D eigenvalue weighted by molar-refractivity contribution is -0.192. The minimum atomic E-state index is -5.08. The van der Waals surface area contributed by atoms with Crippen molar-refractivity contribution in [2.45, 2.75) is 43.9 Å². The number of nitrogens with zero attached hydrogens (tertiary/aromatic N) is 1. The molecule has 3 N–H and O–H groups in total. The molecule has 1 heterocycles. The third kappa shape index (κ3) is 5.40. The summed E-state index contributed by atoms with van der Waals surface area (Å²) in [6.07, 6.45) is -0.176. The third-order valence-electron chi connectivity index (χ3n) is 3.80. The van der Waals surface area contributed by atoms with E-state index in [2.05, 4.69) is 15.6 Å². The lowest BCUT2D eigenvalue weighted by Crippen LogP contribution is -2.38. The van der Waals surface area contributed by atoms with Crippen LogP contribution in [0.4, 0.5) is 18.9 Å². The van der Waals surface area contributed by atoms with Gasteiger partial charge in [-0.1, -0.05) is 42.1 Å². The third-order valence-corrected chi connectivity index (χ3v) is 4.43. The van der Waals surface area contributed by atoms with Gasteiger partial charge in [-0.3, -0.25) is 0 Å². The highest BCUT2D eigenvalue weighted by Crippen LogP contribution is 2.31.